The Labute approximate surface area is 129 Å². The van der Waals surface area contributed by atoms with Crippen molar-refractivity contribution in [2.45, 2.75) is 50.1 Å². The number of nitrogens with one attached hydrogen (secondary N) is 1. The van der Waals surface area contributed by atoms with Crippen molar-refractivity contribution >= 4 is 23.8 Å². The Balaban J connectivity index is 2.03. The third kappa shape index (κ3) is 4.03. The molecule has 2 amide bonds. The Morgan fingerprint density at radius 2 is 2.19 bits per heavy atom. The minimum absolute atomic E-state index is 0.0101. The average Bonchev–Trinajstić information content (AvgIpc) is 3.17. The summed E-state index contributed by atoms with van der Waals surface area (Å²) in [6, 6.07) is -1.04. The Hall–Kier alpha value is -0.950. The largest absolute Gasteiger partial charge is 0.480 e. The Kier molecular flexibility index (Phi) is 5.75. The third-order valence-electron chi connectivity index (χ3n) is 3.91. The van der Waals surface area contributed by atoms with Crippen LogP contribution in [0.4, 0.5) is 4.79 Å². The van der Waals surface area contributed by atoms with Crippen molar-refractivity contribution in [1.82, 2.24) is 10.2 Å². The van der Waals surface area contributed by atoms with E-state index in [9.17, 15) is 14.7 Å². The van der Waals surface area contributed by atoms with Crippen molar-refractivity contribution in [1.29, 1.82) is 0 Å². The van der Waals surface area contributed by atoms with Crippen LogP contribution in [0.2, 0.25) is 0 Å². The molecule has 1 heterocycles. The number of hydrogen-bond acceptors (Lipinski definition) is 4. The number of hydrogen-bond donors (Lipinski definition) is 2. The lowest BCUT2D eigenvalue weighted by atomic mass is 10.2. The molecule has 2 fully saturated rings. The van der Waals surface area contributed by atoms with Crippen molar-refractivity contribution in [3.05, 3.63) is 0 Å². The second kappa shape index (κ2) is 7.35. The van der Waals surface area contributed by atoms with Crippen molar-refractivity contribution in [2.24, 2.45) is 5.92 Å². The highest BCUT2D eigenvalue weighted by Gasteiger charge is 2.48. The molecule has 1 aliphatic carbocycles. The molecular formula is C14H24N2O4S. The summed E-state index contributed by atoms with van der Waals surface area (Å²) in [6.07, 6.45) is 3.94. The molecule has 0 spiro atoms. The van der Waals surface area contributed by atoms with E-state index in [1.165, 1.54) is 0 Å². The van der Waals surface area contributed by atoms with Crippen LogP contribution in [0.1, 0.15) is 32.6 Å². The second-order valence-corrected chi connectivity index (χ2v) is 6.86. The predicted octanol–water partition coefficient (Wildman–Crippen LogP) is 1.75. The topological polar surface area (TPSA) is 78.9 Å². The first-order valence-corrected chi connectivity index (χ1v) is 8.55. The smallest absolute Gasteiger partial charge is 0.327 e. The maximum absolute atomic E-state index is 12.5. The van der Waals surface area contributed by atoms with Crippen LogP contribution in [0.5, 0.6) is 0 Å². The number of aliphatic carboxylic acids is 1. The summed E-state index contributed by atoms with van der Waals surface area (Å²) in [6.45, 7) is 2.50. The minimum atomic E-state index is -0.917. The maximum atomic E-state index is 12.5. The molecule has 0 radical (unpaired) electrons. The molecule has 3 atom stereocenters. The second-order valence-electron chi connectivity index (χ2n) is 5.71. The number of methoxy groups -OCH3 is 1. The molecule has 0 aromatic rings. The van der Waals surface area contributed by atoms with Gasteiger partial charge in [-0.1, -0.05) is 13.3 Å². The van der Waals surface area contributed by atoms with Gasteiger partial charge in [-0.2, -0.15) is 0 Å². The standard InChI is InChI=1S/C14H24N2O4S/c1-3-4-10(7-20-2)15-14(19)16-11(13(17)18)8-21-12(16)9-5-6-9/h9-12H,3-8H2,1-2H3,(H,15,19)(H,17,18). The summed E-state index contributed by atoms with van der Waals surface area (Å²) in [7, 11) is 1.60. The minimum Gasteiger partial charge on any atom is -0.480 e. The van der Waals surface area contributed by atoms with Gasteiger partial charge in [-0.15, -0.1) is 11.8 Å². The van der Waals surface area contributed by atoms with E-state index in [1.807, 2.05) is 6.92 Å². The van der Waals surface area contributed by atoms with Gasteiger partial charge in [-0.3, -0.25) is 4.90 Å². The van der Waals surface area contributed by atoms with Crippen molar-refractivity contribution in [3.63, 3.8) is 0 Å². The van der Waals surface area contributed by atoms with Crippen molar-refractivity contribution < 1.29 is 19.4 Å². The maximum Gasteiger partial charge on any atom is 0.327 e. The number of amides is 2. The number of rotatable bonds is 7. The monoisotopic (exact) mass is 316 g/mol. The van der Waals surface area contributed by atoms with E-state index in [0.29, 0.717) is 18.3 Å². The van der Waals surface area contributed by atoms with Crippen molar-refractivity contribution in [2.75, 3.05) is 19.5 Å². The number of nitrogens with zero attached hydrogens (tertiary/aromatic N) is 1. The summed E-state index contributed by atoms with van der Waals surface area (Å²) >= 11 is 1.59. The molecule has 1 aliphatic heterocycles. The first-order chi connectivity index (χ1) is 10.1. The zero-order valence-corrected chi connectivity index (χ0v) is 13.4. The fourth-order valence-corrected chi connectivity index (χ4v) is 4.35. The van der Waals surface area contributed by atoms with Crippen LogP contribution < -0.4 is 5.32 Å². The number of urea groups is 1. The fraction of sp³-hybridized carbons (Fsp3) is 0.857. The van der Waals surface area contributed by atoms with Gasteiger partial charge < -0.3 is 15.2 Å². The molecule has 7 heteroatoms. The lowest BCUT2D eigenvalue weighted by molar-refractivity contribution is -0.141. The molecule has 2 rings (SSSR count). The molecule has 0 aromatic carbocycles. The van der Waals surface area contributed by atoms with Gasteiger partial charge in [0.1, 0.15) is 6.04 Å². The van der Waals surface area contributed by atoms with Crippen LogP contribution in [0.3, 0.4) is 0 Å². The SMILES string of the molecule is CCCC(COC)NC(=O)N1C(C(=O)O)CSC1C1CC1. The van der Waals surface area contributed by atoms with Gasteiger partial charge in [0.2, 0.25) is 0 Å². The molecule has 2 aliphatic rings. The molecule has 0 aromatic heterocycles. The highest BCUT2D eigenvalue weighted by molar-refractivity contribution is 8.00. The van der Waals surface area contributed by atoms with E-state index in [2.05, 4.69) is 5.32 Å². The normalized spacial score (nSPS) is 26.7. The molecule has 1 saturated heterocycles. The van der Waals surface area contributed by atoms with Gasteiger partial charge >= 0.3 is 12.0 Å². The average molecular weight is 316 g/mol. The zero-order valence-electron chi connectivity index (χ0n) is 12.6. The van der Waals surface area contributed by atoms with Gasteiger partial charge in [-0.05, 0) is 25.2 Å². The first-order valence-electron chi connectivity index (χ1n) is 7.50. The lowest BCUT2D eigenvalue weighted by Crippen LogP contribution is -2.53. The summed E-state index contributed by atoms with van der Waals surface area (Å²) < 4.78 is 5.13. The summed E-state index contributed by atoms with van der Waals surface area (Å²) in [5.41, 5.74) is 0. The fourth-order valence-electron chi connectivity index (χ4n) is 2.72. The van der Waals surface area contributed by atoms with E-state index < -0.39 is 12.0 Å². The van der Waals surface area contributed by atoms with Gasteiger partial charge in [0, 0.05) is 12.9 Å². The summed E-state index contributed by atoms with van der Waals surface area (Å²) in [5.74, 6) is 0.0175. The summed E-state index contributed by atoms with van der Waals surface area (Å²) in [5, 5.41) is 12.3. The van der Waals surface area contributed by atoms with E-state index in [0.717, 1.165) is 25.7 Å². The van der Waals surface area contributed by atoms with Crippen LogP contribution in [-0.2, 0) is 9.53 Å². The third-order valence-corrected chi connectivity index (χ3v) is 5.37. The van der Waals surface area contributed by atoms with Crippen LogP contribution in [0, 0.1) is 5.92 Å². The van der Waals surface area contributed by atoms with E-state index in [1.54, 1.807) is 23.8 Å². The molecule has 2 N–H and O–H groups in total. The lowest BCUT2D eigenvalue weighted by Gasteiger charge is -2.29. The number of ether oxygens (including phenoxy) is 1. The van der Waals surface area contributed by atoms with Crippen LogP contribution in [-0.4, -0.2) is 58.9 Å². The zero-order chi connectivity index (χ0) is 15.4. The molecule has 0 bridgehead atoms. The van der Waals surface area contributed by atoms with Gasteiger partial charge in [-0.25, -0.2) is 9.59 Å². The van der Waals surface area contributed by atoms with Crippen LogP contribution >= 0.6 is 11.8 Å². The summed E-state index contributed by atoms with van der Waals surface area (Å²) in [4.78, 5) is 25.5. The quantitative estimate of drug-likeness (QED) is 0.748. The number of carbonyl (C=O) groups is 2. The van der Waals surface area contributed by atoms with Gasteiger partial charge in [0.25, 0.3) is 0 Å². The number of thioether (sulfide) groups is 1. The Morgan fingerprint density at radius 3 is 2.71 bits per heavy atom. The first kappa shape index (κ1) is 16.4. The van der Waals surface area contributed by atoms with E-state index in [-0.39, 0.29) is 17.4 Å². The van der Waals surface area contributed by atoms with E-state index in [4.69, 9.17) is 4.74 Å². The molecule has 3 unspecified atom stereocenters. The highest BCUT2D eigenvalue weighted by atomic mass is 32.2. The van der Waals surface area contributed by atoms with Crippen LogP contribution in [0.15, 0.2) is 0 Å². The molecule has 21 heavy (non-hydrogen) atoms. The number of carboxylic acid groups (broad SMARTS) is 1. The Bertz CT molecular complexity index is 383. The molecular weight excluding hydrogens is 292 g/mol. The van der Waals surface area contributed by atoms with Crippen molar-refractivity contribution in [3.8, 4) is 0 Å². The molecule has 120 valence electrons. The van der Waals surface area contributed by atoms with Gasteiger partial charge in [0.15, 0.2) is 0 Å². The van der Waals surface area contributed by atoms with E-state index >= 15 is 0 Å². The van der Waals surface area contributed by atoms with Gasteiger partial charge in [0.05, 0.1) is 18.0 Å². The number of carboxylic acids is 1. The van der Waals surface area contributed by atoms with Crippen LogP contribution in [0.25, 0.3) is 0 Å². The highest BCUT2D eigenvalue weighted by Crippen LogP contribution is 2.45. The Morgan fingerprint density at radius 1 is 1.48 bits per heavy atom. The number of carbonyl (C=O) groups excluding carboxylic acids is 1. The predicted molar refractivity (Wildman–Crippen MR) is 81.3 cm³/mol. The molecule has 1 saturated carbocycles. The molecule has 6 nitrogen and oxygen atoms in total.